The van der Waals surface area contributed by atoms with Gasteiger partial charge < -0.3 is 10.6 Å². The second-order valence-electron chi connectivity index (χ2n) is 3.83. The lowest BCUT2D eigenvalue weighted by atomic mass is 10.2. The molecule has 1 aromatic carbocycles. The molecule has 16 heavy (non-hydrogen) atoms. The number of rotatable bonds is 2. The molecule has 1 aromatic rings. The van der Waals surface area contributed by atoms with Gasteiger partial charge >= 0.3 is 6.03 Å². The van der Waals surface area contributed by atoms with Gasteiger partial charge in [0.1, 0.15) is 5.82 Å². The van der Waals surface area contributed by atoms with Crippen molar-refractivity contribution in [1.29, 1.82) is 0 Å². The molecule has 0 aliphatic carbocycles. The summed E-state index contributed by atoms with van der Waals surface area (Å²) in [4.78, 5) is 11.4. The number of hydrogen-bond acceptors (Lipinski definition) is 1. The van der Waals surface area contributed by atoms with Crippen molar-refractivity contribution in [3.8, 4) is 0 Å². The van der Waals surface area contributed by atoms with Crippen LogP contribution in [0.4, 0.5) is 14.9 Å². The summed E-state index contributed by atoms with van der Waals surface area (Å²) in [5.74, 6) is -0.340. The summed E-state index contributed by atoms with van der Waals surface area (Å²) in [6.45, 7) is 5.47. The molecule has 1 rings (SSSR count). The van der Waals surface area contributed by atoms with Crippen LogP contribution in [-0.2, 0) is 0 Å². The molecule has 2 N–H and O–H groups in total. The Bertz CT molecular complexity index is 407. The van der Waals surface area contributed by atoms with Crippen LogP contribution in [0.5, 0.6) is 0 Å². The zero-order valence-corrected chi connectivity index (χ0v) is 11.0. The molecule has 0 saturated carbocycles. The Balaban J connectivity index is 2.81. The van der Waals surface area contributed by atoms with Gasteiger partial charge in [-0.3, -0.25) is 0 Å². The van der Waals surface area contributed by atoms with Crippen molar-refractivity contribution >= 4 is 27.6 Å². The van der Waals surface area contributed by atoms with Gasteiger partial charge in [-0.15, -0.1) is 0 Å². The molecule has 3 nitrogen and oxygen atoms in total. The molecule has 5 heteroatoms. The fraction of sp³-hybridized carbons (Fsp3) is 0.364. The van der Waals surface area contributed by atoms with Gasteiger partial charge in [0.15, 0.2) is 0 Å². The largest absolute Gasteiger partial charge is 0.336 e. The summed E-state index contributed by atoms with van der Waals surface area (Å²) in [7, 11) is 0. The maximum absolute atomic E-state index is 13.1. The van der Waals surface area contributed by atoms with E-state index in [9.17, 15) is 9.18 Å². The Morgan fingerprint density at radius 2 is 2.06 bits per heavy atom. The lowest BCUT2D eigenvalue weighted by molar-refractivity contribution is 0.250. The van der Waals surface area contributed by atoms with Gasteiger partial charge in [-0.25, -0.2) is 9.18 Å². The Morgan fingerprint density at radius 3 is 2.62 bits per heavy atom. The highest BCUT2D eigenvalue weighted by molar-refractivity contribution is 9.10. The van der Waals surface area contributed by atoms with E-state index in [2.05, 4.69) is 26.6 Å². The van der Waals surface area contributed by atoms with Gasteiger partial charge in [0.05, 0.1) is 4.47 Å². The van der Waals surface area contributed by atoms with Gasteiger partial charge in [0, 0.05) is 11.7 Å². The number of halogens is 2. The molecule has 0 heterocycles. The van der Waals surface area contributed by atoms with E-state index in [-0.39, 0.29) is 17.9 Å². The van der Waals surface area contributed by atoms with Crippen molar-refractivity contribution in [3.63, 3.8) is 0 Å². The van der Waals surface area contributed by atoms with E-state index >= 15 is 0 Å². The number of urea groups is 1. The van der Waals surface area contributed by atoms with Crippen LogP contribution in [0.15, 0.2) is 16.6 Å². The molecule has 0 saturated heterocycles. The molecule has 0 fully saturated rings. The third-order valence-electron chi connectivity index (χ3n) is 1.94. The van der Waals surface area contributed by atoms with Gasteiger partial charge in [0.2, 0.25) is 0 Å². The first-order chi connectivity index (χ1) is 7.40. The minimum absolute atomic E-state index is 0.0594. The van der Waals surface area contributed by atoms with Crippen molar-refractivity contribution < 1.29 is 9.18 Å². The maximum Gasteiger partial charge on any atom is 0.319 e. The standard InChI is InChI=1S/C11H14BrFN2O/c1-6(2)14-11(16)15-10-5-8(12)9(13)4-7(10)3/h4-6H,1-3H3,(H2,14,15,16). The molecule has 0 atom stereocenters. The van der Waals surface area contributed by atoms with Crippen molar-refractivity contribution in [2.45, 2.75) is 26.8 Å². The quantitative estimate of drug-likeness (QED) is 0.860. The Kier molecular flexibility index (Phi) is 4.29. The van der Waals surface area contributed by atoms with Crippen LogP contribution in [0.2, 0.25) is 0 Å². The predicted molar refractivity (Wildman–Crippen MR) is 66.1 cm³/mol. The number of benzene rings is 1. The van der Waals surface area contributed by atoms with Crippen LogP contribution < -0.4 is 10.6 Å². The molecule has 0 spiro atoms. The first-order valence-corrected chi connectivity index (χ1v) is 5.72. The normalized spacial score (nSPS) is 10.4. The minimum Gasteiger partial charge on any atom is -0.336 e. The van der Waals surface area contributed by atoms with Gasteiger partial charge in [0.25, 0.3) is 0 Å². The average molecular weight is 289 g/mol. The SMILES string of the molecule is Cc1cc(F)c(Br)cc1NC(=O)NC(C)C. The van der Waals surface area contributed by atoms with Crippen LogP contribution in [0.25, 0.3) is 0 Å². The molecule has 0 aromatic heterocycles. The van der Waals surface area contributed by atoms with Crippen molar-refractivity contribution in [2.75, 3.05) is 5.32 Å². The fourth-order valence-corrected chi connectivity index (χ4v) is 1.54. The molecule has 88 valence electrons. The van der Waals surface area contributed by atoms with Crippen LogP contribution in [0, 0.1) is 12.7 Å². The van der Waals surface area contributed by atoms with E-state index in [1.807, 2.05) is 13.8 Å². The monoisotopic (exact) mass is 288 g/mol. The van der Waals surface area contributed by atoms with Crippen LogP contribution in [0.1, 0.15) is 19.4 Å². The third-order valence-corrected chi connectivity index (χ3v) is 2.54. The van der Waals surface area contributed by atoms with Gasteiger partial charge in [-0.2, -0.15) is 0 Å². The zero-order chi connectivity index (χ0) is 12.3. The number of hydrogen-bond donors (Lipinski definition) is 2. The summed E-state index contributed by atoms with van der Waals surface area (Å²) < 4.78 is 13.5. The number of aryl methyl sites for hydroxylation is 1. The smallest absolute Gasteiger partial charge is 0.319 e. The molecular weight excluding hydrogens is 275 g/mol. The predicted octanol–water partition coefficient (Wildman–Crippen LogP) is 3.43. The van der Waals surface area contributed by atoms with E-state index in [0.29, 0.717) is 15.7 Å². The van der Waals surface area contributed by atoms with Crippen LogP contribution in [0.3, 0.4) is 0 Å². The lowest BCUT2D eigenvalue weighted by Crippen LogP contribution is -2.34. The fourth-order valence-electron chi connectivity index (χ4n) is 1.20. The number of carbonyl (C=O) groups is 1. The van der Waals surface area contributed by atoms with Gasteiger partial charge in [-0.1, -0.05) is 0 Å². The summed E-state index contributed by atoms with van der Waals surface area (Å²) in [6, 6.07) is 2.68. The van der Waals surface area contributed by atoms with E-state index in [4.69, 9.17) is 0 Å². The van der Waals surface area contributed by atoms with Crippen LogP contribution >= 0.6 is 15.9 Å². The minimum atomic E-state index is -0.340. The van der Waals surface area contributed by atoms with Crippen molar-refractivity contribution in [1.82, 2.24) is 5.32 Å². The molecule has 2 amide bonds. The van der Waals surface area contributed by atoms with E-state index < -0.39 is 0 Å². The highest BCUT2D eigenvalue weighted by Crippen LogP contribution is 2.24. The molecular formula is C11H14BrFN2O. The molecule has 0 unspecified atom stereocenters. The Morgan fingerprint density at radius 1 is 1.44 bits per heavy atom. The molecule has 0 aliphatic heterocycles. The van der Waals surface area contributed by atoms with Gasteiger partial charge in [-0.05, 0) is 54.4 Å². The summed E-state index contributed by atoms with van der Waals surface area (Å²) in [5, 5.41) is 5.36. The average Bonchev–Trinajstić information content (AvgIpc) is 2.12. The van der Waals surface area contributed by atoms with Crippen molar-refractivity contribution in [2.24, 2.45) is 0 Å². The molecule has 0 radical (unpaired) electrons. The second kappa shape index (κ2) is 5.30. The molecule has 0 bridgehead atoms. The highest BCUT2D eigenvalue weighted by atomic mass is 79.9. The third kappa shape index (κ3) is 3.48. The van der Waals surface area contributed by atoms with E-state index in [1.54, 1.807) is 13.0 Å². The second-order valence-corrected chi connectivity index (χ2v) is 4.69. The maximum atomic E-state index is 13.1. The summed E-state index contributed by atoms with van der Waals surface area (Å²) in [6.07, 6.45) is 0. The number of nitrogens with one attached hydrogen (secondary N) is 2. The number of amides is 2. The first kappa shape index (κ1) is 13.0. The Labute approximate surface area is 103 Å². The highest BCUT2D eigenvalue weighted by Gasteiger charge is 2.08. The van der Waals surface area contributed by atoms with E-state index in [0.717, 1.165) is 0 Å². The van der Waals surface area contributed by atoms with Crippen molar-refractivity contribution in [3.05, 3.63) is 28.0 Å². The van der Waals surface area contributed by atoms with Crippen LogP contribution in [-0.4, -0.2) is 12.1 Å². The first-order valence-electron chi connectivity index (χ1n) is 4.93. The number of anilines is 1. The zero-order valence-electron chi connectivity index (χ0n) is 9.40. The number of carbonyl (C=O) groups excluding carboxylic acids is 1. The summed E-state index contributed by atoms with van der Waals surface area (Å²) in [5.41, 5.74) is 1.27. The topological polar surface area (TPSA) is 41.1 Å². The Hall–Kier alpha value is -1.10. The summed E-state index contributed by atoms with van der Waals surface area (Å²) >= 11 is 3.07. The lowest BCUT2D eigenvalue weighted by Gasteiger charge is -2.12. The molecule has 0 aliphatic rings. The van der Waals surface area contributed by atoms with E-state index in [1.165, 1.54) is 6.07 Å².